The number of benzene rings is 2. The zero-order chi connectivity index (χ0) is 35.1. The normalized spacial score (nSPS) is 25.9. The fourth-order valence-corrected chi connectivity index (χ4v) is 5.14. The average molecular weight is 670 g/mol. The molecule has 4 rings (SSSR count). The van der Waals surface area contributed by atoms with Crippen LogP contribution in [-0.4, -0.2) is 129 Å². The second kappa shape index (κ2) is 13.0. The van der Waals surface area contributed by atoms with Crippen LogP contribution in [0.1, 0.15) is 38.6 Å². The minimum absolute atomic E-state index is 0.570. The monoisotopic (exact) mass is 670 g/mol. The van der Waals surface area contributed by atoms with Crippen LogP contribution in [0.4, 0.5) is 0 Å². The van der Waals surface area contributed by atoms with Crippen molar-refractivity contribution in [2.45, 2.75) is 49.1 Å². The third-order valence-electron chi connectivity index (χ3n) is 7.38. The van der Waals surface area contributed by atoms with Crippen molar-refractivity contribution in [1.29, 1.82) is 0 Å². The molecule has 0 amide bonds. The molecule has 11 N–H and O–H groups in total. The molecule has 0 aliphatic carbocycles. The highest BCUT2D eigenvalue weighted by atomic mass is 16.7. The summed E-state index contributed by atoms with van der Waals surface area (Å²) in [4.78, 5) is 62.5. The quantitative estimate of drug-likeness (QED) is 0.0774. The Bertz CT molecular complexity index is 1590. The topological polar surface area (TPSA) is 345 Å². The number of hydrogen-bond acceptors (Lipinski definition) is 18. The van der Waals surface area contributed by atoms with Crippen LogP contribution in [-0.2, 0) is 33.3 Å². The largest absolute Gasteiger partial charge is 0.504 e. The number of carboxylic acids is 2. The van der Waals surface area contributed by atoms with Crippen molar-refractivity contribution in [3.63, 3.8) is 0 Å². The number of carboxylic acid groups (broad SMARTS) is 2. The van der Waals surface area contributed by atoms with Gasteiger partial charge in [-0.15, -0.1) is 0 Å². The average Bonchev–Trinajstić information content (AvgIpc) is 3.00. The molecule has 0 aromatic heterocycles. The van der Waals surface area contributed by atoms with Crippen LogP contribution in [0.3, 0.4) is 0 Å². The van der Waals surface area contributed by atoms with E-state index in [4.69, 9.17) is 18.9 Å². The number of aromatic hydroxyl groups is 6. The predicted octanol–water partition coefficient (Wildman–Crippen LogP) is -2.07. The fourth-order valence-electron chi connectivity index (χ4n) is 5.14. The molecule has 0 radical (unpaired) electrons. The molecule has 0 bridgehead atoms. The van der Waals surface area contributed by atoms with Gasteiger partial charge in [0.05, 0.1) is 36.0 Å². The van der Waals surface area contributed by atoms with E-state index in [1.807, 2.05) is 0 Å². The third kappa shape index (κ3) is 6.42. The number of aliphatic hydroxyl groups is 3. The van der Waals surface area contributed by atoms with E-state index in [2.05, 4.69) is 0 Å². The molecule has 0 spiro atoms. The molecule has 20 heteroatoms. The van der Waals surface area contributed by atoms with E-state index in [0.29, 0.717) is 18.2 Å². The number of phenolic OH excluding ortho intramolecular Hbond substituents is 6. The summed E-state index contributed by atoms with van der Waals surface area (Å²) in [6.07, 6.45) is -14.2. The number of carbonyl (C=O) groups excluding carboxylic acids is 3. The second-order valence-electron chi connectivity index (χ2n) is 10.3. The predicted molar refractivity (Wildman–Crippen MR) is 141 cm³/mol. The first kappa shape index (κ1) is 34.3. The molecule has 0 saturated carbocycles. The van der Waals surface area contributed by atoms with E-state index >= 15 is 0 Å². The maximum Gasteiger partial charge on any atom is 0.345 e. The van der Waals surface area contributed by atoms with Crippen LogP contribution in [0, 0.1) is 5.92 Å². The Morgan fingerprint density at radius 1 is 0.830 bits per heavy atom. The Balaban J connectivity index is 1.65. The van der Waals surface area contributed by atoms with E-state index in [0.717, 1.165) is 0 Å². The molecule has 2 aliphatic heterocycles. The molecular weight excluding hydrogens is 644 g/mol. The van der Waals surface area contributed by atoms with Crippen LogP contribution in [0.5, 0.6) is 34.5 Å². The van der Waals surface area contributed by atoms with Gasteiger partial charge in [-0.05, 0) is 18.2 Å². The fraction of sp³-hybridized carbons (Fsp3) is 0.370. The summed E-state index contributed by atoms with van der Waals surface area (Å²) in [6.45, 7) is -1.12. The van der Waals surface area contributed by atoms with Crippen molar-refractivity contribution in [2.75, 3.05) is 6.61 Å². The summed E-state index contributed by atoms with van der Waals surface area (Å²) in [6, 6.07) is 1.91. The van der Waals surface area contributed by atoms with Crippen LogP contribution >= 0.6 is 0 Å². The smallest absolute Gasteiger partial charge is 0.345 e. The highest BCUT2D eigenvalue weighted by Crippen LogP contribution is 2.50. The minimum Gasteiger partial charge on any atom is -0.504 e. The first-order valence-corrected chi connectivity index (χ1v) is 13.2. The highest BCUT2D eigenvalue weighted by Gasteiger charge is 2.53. The Kier molecular flexibility index (Phi) is 9.52. The van der Waals surface area contributed by atoms with Crippen molar-refractivity contribution in [2.24, 2.45) is 5.92 Å². The zero-order valence-corrected chi connectivity index (χ0v) is 23.4. The molecule has 254 valence electrons. The highest BCUT2D eigenvalue weighted by molar-refractivity contribution is 5.98. The number of ether oxygens (including phenoxy) is 4. The van der Waals surface area contributed by atoms with Gasteiger partial charge in [-0.3, -0.25) is 9.59 Å². The number of rotatable bonds is 9. The summed E-state index contributed by atoms with van der Waals surface area (Å²) in [5.41, 5.74) is -2.12. The van der Waals surface area contributed by atoms with Gasteiger partial charge in [-0.25, -0.2) is 14.4 Å². The van der Waals surface area contributed by atoms with Crippen LogP contribution in [0.2, 0.25) is 0 Å². The molecule has 2 heterocycles. The number of fused-ring (bicyclic) bond motifs is 1. The van der Waals surface area contributed by atoms with E-state index in [9.17, 15) is 80.1 Å². The number of carbonyl (C=O) groups is 5. The van der Waals surface area contributed by atoms with Gasteiger partial charge in [0.1, 0.15) is 18.3 Å². The van der Waals surface area contributed by atoms with Gasteiger partial charge in [0.2, 0.25) is 18.1 Å². The van der Waals surface area contributed by atoms with Crippen LogP contribution in [0.25, 0.3) is 0 Å². The molecule has 2 aromatic rings. The SMILES string of the molecule is O=C(O)CC(C(=O)OC1C(CO)OC(OC(=O)c2cc(O)c(O)c(O)c2)C(O)C1O)C1c2c(cc(O)c(O)c2O)C(=O)OC1C(=O)O. The van der Waals surface area contributed by atoms with Crippen molar-refractivity contribution >= 4 is 29.8 Å². The van der Waals surface area contributed by atoms with Crippen molar-refractivity contribution in [3.05, 3.63) is 34.9 Å². The minimum atomic E-state index is -2.38. The maximum atomic E-state index is 13.5. The van der Waals surface area contributed by atoms with E-state index in [1.165, 1.54) is 0 Å². The number of cyclic esters (lactones) is 1. The van der Waals surface area contributed by atoms with E-state index < -0.39 is 143 Å². The van der Waals surface area contributed by atoms with Gasteiger partial charge >= 0.3 is 29.8 Å². The molecule has 20 nitrogen and oxygen atoms in total. The van der Waals surface area contributed by atoms with Gasteiger partial charge in [-0.1, -0.05) is 0 Å². The standard InChI is InChI=1S/C27H26O20/c28-5-12-21(19(37)20(38)27(44-12)47-24(41)6-1-9(29)16(34)10(30)2-6)45-26(43)8(4-13(32)33)15-14-7(3-11(31)17(35)18(14)36)25(42)46-22(15)23(39)40/h1-3,8,12,15,19-22,27-31,34-38H,4-5H2,(H,32,33)(H,39,40). The lowest BCUT2D eigenvalue weighted by Crippen LogP contribution is -2.61. The van der Waals surface area contributed by atoms with Gasteiger partial charge in [0.25, 0.3) is 0 Å². The van der Waals surface area contributed by atoms with Crippen molar-refractivity contribution in [1.82, 2.24) is 0 Å². The molecule has 1 fully saturated rings. The first-order valence-electron chi connectivity index (χ1n) is 13.2. The molecule has 47 heavy (non-hydrogen) atoms. The molecule has 2 aliphatic rings. The summed E-state index contributed by atoms with van der Waals surface area (Å²) < 4.78 is 20.2. The molecular formula is C27H26O20. The van der Waals surface area contributed by atoms with Gasteiger partial charge in [0.15, 0.2) is 34.9 Å². The van der Waals surface area contributed by atoms with Crippen LogP contribution in [0.15, 0.2) is 18.2 Å². The van der Waals surface area contributed by atoms with Crippen LogP contribution < -0.4 is 0 Å². The van der Waals surface area contributed by atoms with Gasteiger partial charge in [0, 0.05) is 5.56 Å². The lowest BCUT2D eigenvalue weighted by molar-refractivity contribution is -0.289. The Morgan fingerprint density at radius 2 is 1.43 bits per heavy atom. The summed E-state index contributed by atoms with van der Waals surface area (Å²) in [7, 11) is 0. The Morgan fingerprint density at radius 3 is 1.98 bits per heavy atom. The second-order valence-corrected chi connectivity index (χ2v) is 10.3. The molecule has 8 atom stereocenters. The Hall–Kier alpha value is -5.57. The summed E-state index contributed by atoms with van der Waals surface area (Å²) in [5.74, 6) is -18.9. The lowest BCUT2D eigenvalue weighted by atomic mass is 9.76. The van der Waals surface area contributed by atoms with Crippen molar-refractivity contribution in [3.8, 4) is 34.5 Å². The molecule has 1 saturated heterocycles. The molecule has 2 aromatic carbocycles. The zero-order valence-electron chi connectivity index (χ0n) is 23.4. The van der Waals surface area contributed by atoms with Gasteiger partial charge < -0.3 is 75.1 Å². The van der Waals surface area contributed by atoms with Gasteiger partial charge in [-0.2, -0.15) is 0 Å². The van der Waals surface area contributed by atoms with E-state index in [-0.39, 0.29) is 0 Å². The van der Waals surface area contributed by atoms with Crippen molar-refractivity contribution < 1.29 is 99.1 Å². The Labute approximate surface area is 260 Å². The number of hydrogen-bond donors (Lipinski definition) is 11. The molecule has 8 unspecified atom stereocenters. The third-order valence-corrected chi connectivity index (χ3v) is 7.38. The number of aliphatic carboxylic acids is 2. The number of aliphatic hydroxyl groups excluding tert-OH is 3. The summed E-state index contributed by atoms with van der Waals surface area (Å²) >= 11 is 0. The summed E-state index contributed by atoms with van der Waals surface area (Å²) in [5, 5.41) is 110. The van der Waals surface area contributed by atoms with E-state index in [1.54, 1.807) is 0 Å². The number of esters is 3. The lowest BCUT2D eigenvalue weighted by Gasteiger charge is -2.42. The first-order chi connectivity index (χ1) is 22.0. The number of phenols is 6. The maximum absolute atomic E-state index is 13.5.